The lowest BCUT2D eigenvalue weighted by Gasteiger charge is -2.26. The Morgan fingerprint density at radius 1 is 1.48 bits per heavy atom. The van der Waals surface area contributed by atoms with Crippen molar-refractivity contribution in [2.75, 3.05) is 20.1 Å². The zero-order chi connectivity index (χ0) is 15.2. The molecule has 6 nitrogen and oxygen atoms in total. The molecule has 1 aromatic heterocycles. The molecule has 1 aromatic rings. The second kappa shape index (κ2) is 7.45. The maximum atomic E-state index is 4.27. The van der Waals surface area contributed by atoms with E-state index in [2.05, 4.69) is 39.5 Å². The van der Waals surface area contributed by atoms with Crippen LogP contribution in [-0.4, -0.2) is 52.9 Å². The van der Waals surface area contributed by atoms with E-state index in [1.807, 2.05) is 24.0 Å². The smallest absolute Gasteiger partial charge is 0.191 e. The van der Waals surface area contributed by atoms with E-state index < -0.39 is 0 Å². The normalized spacial score (nSPS) is 15.8. The van der Waals surface area contributed by atoms with Crippen LogP contribution in [0.4, 0.5) is 0 Å². The van der Waals surface area contributed by atoms with Crippen molar-refractivity contribution in [2.45, 2.75) is 45.3 Å². The monoisotopic (exact) mass is 292 g/mol. The van der Waals surface area contributed by atoms with Crippen LogP contribution < -0.4 is 10.6 Å². The maximum Gasteiger partial charge on any atom is 0.191 e. The predicted octanol–water partition coefficient (Wildman–Crippen LogP) is 0.958. The zero-order valence-electron chi connectivity index (χ0n) is 13.6. The number of nitrogens with one attached hydrogen (secondary N) is 2. The number of aromatic nitrogens is 2. The Morgan fingerprint density at radius 2 is 2.24 bits per heavy atom. The molecule has 1 aliphatic carbocycles. The lowest BCUT2D eigenvalue weighted by atomic mass is 10.3. The van der Waals surface area contributed by atoms with Crippen LogP contribution in [0.5, 0.6) is 0 Å². The summed E-state index contributed by atoms with van der Waals surface area (Å²) in [6.07, 6.45) is 4.51. The summed E-state index contributed by atoms with van der Waals surface area (Å²) < 4.78 is 1.87. The van der Waals surface area contributed by atoms with Crippen molar-refractivity contribution < 1.29 is 0 Å². The first-order valence-electron chi connectivity index (χ1n) is 7.79. The van der Waals surface area contributed by atoms with Gasteiger partial charge in [-0.15, -0.1) is 0 Å². The number of hydrogen-bond acceptors (Lipinski definition) is 3. The lowest BCUT2D eigenvalue weighted by Crippen LogP contribution is -2.43. The molecule has 1 heterocycles. The molecule has 21 heavy (non-hydrogen) atoms. The minimum Gasteiger partial charge on any atom is -0.355 e. The molecule has 0 aromatic carbocycles. The minimum absolute atomic E-state index is 0.615. The SMILES string of the molecule is CN=C(NCCN(C(C)C)C1CC1)NCc1ccnn1C. The second-order valence-corrected chi connectivity index (χ2v) is 5.86. The van der Waals surface area contributed by atoms with Crippen molar-refractivity contribution in [3.63, 3.8) is 0 Å². The molecule has 0 radical (unpaired) electrons. The van der Waals surface area contributed by atoms with Crippen molar-refractivity contribution in [2.24, 2.45) is 12.0 Å². The van der Waals surface area contributed by atoms with E-state index in [0.29, 0.717) is 6.04 Å². The third-order valence-corrected chi connectivity index (χ3v) is 3.92. The Labute approximate surface area is 127 Å². The van der Waals surface area contributed by atoms with Gasteiger partial charge in [-0.2, -0.15) is 5.10 Å². The van der Waals surface area contributed by atoms with E-state index in [4.69, 9.17) is 0 Å². The molecule has 0 spiro atoms. The highest BCUT2D eigenvalue weighted by Gasteiger charge is 2.30. The van der Waals surface area contributed by atoms with Crippen LogP contribution in [0.1, 0.15) is 32.4 Å². The van der Waals surface area contributed by atoms with Crippen LogP contribution in [0, 0.1) is 0 Å². The first kappa shape index (κ1) is 15.8. The Kier molecular flexibility index (Phi) is 5.61. The number of rotatable bonds is 7. The molecule has 6 heteroatoms. The van der Waals surface area contributed by atoms with E-state index >= 15 is 0 Å². The van der Waals surface area contributed by atoms with Gasteiger partial charge >= 0.3 is 0 Å². The summed E-state index contributed by atoms with van der Waals surface area (Å²) in [7, 11) is 3.75. The molecule has 2 rings (SSSR count). The number of nitrogens with zero attached hydrogens (tertiary/aromatic N) is 4. The topological polar surface area (TPSA) is 57.5 Å². The average molecular weight is 292 g/mol. The quantitative estimate of drug-likeness (QED) is 0.580. The first-order valence-corrected chi connectivity index (χ1v) is 7.79. The Hall–Kier alpha value is -1.56. The van der Waals surface area contributed by atoms with Crippen LogP contribution in [0.3, 0.4) is 0 Å². The van der Waals surface area contributed by atoms with Gasteiger partial charge in [0.2, 0.25) is 0 Å². The molecule has 0 bridgehead atoms. The summed E-state index contributed by atoms with van der Waals surface area (Å²) in [5.41, 5.74) is 1.14. The molecule has 0 unspecified atom stereocenters. The average Bonchev–Trinajstić information content (AvgIpc) is 3.21. The van der Waals surface area contributed by atoms with E-state index in [0.717, 1.165) is 37.3 Å². The highest BCUT2D eigenvalue weighted by Crippen LogP contribution is 2.27. The van der Waals surface area contributed by atoms with Gasteiger partial charge in [0.25, 0.3) is 0 Å². The standard InChI is InChI=1S/C15H28N6/c1-12(2)21(13-5-6-13)10-9-17-15(16-3)18-11-14-7-8-19-20(14)4/h7-8,12-13H,5-6,9-11H2,1-4H3,(H2,16,17,18). The summed E-state index contributed by atoms with van der Waals surface area (Å²) in [6.45, 7) is 7.25. The van der Waals surface area contributed by atoms with Crippen LogP contribution >= 0.6 is 0 Å². The van der Waals surface area contributed by atoms with Crippen molar-refractivity contribution in [3.05, 3.63) is 18.0 Å². The van der Waals surface area contributed by atoms with E-state index in [9.17, 15) is 0 Å². The van der Waals surface area contributed by atoms with Crippen LogP contribution in [-0.2, 0) is 13.6 Å². The van der Waals surface area contributed by atoms with Crippen molar-refractivity contribution in [3.8, 4) is 0 Å². The van der Waals surface area contributed by atoms with E-state index in [1.165, 1.54) is 12.8 Å². The minimum atomic E-state index is 0.615. The van der Waals surface area contributed by atoms with Gasteiger partial charge in [-0.1, -0.05) is 0 Å². The van der Waals surface area contributed by atoms with Crippen LogP contribution in [0.2, 0.25) is 0 Å². The van der Waals surface area contributed by atoms with Gasteiger partial charge in [-0.05, 0) is 32.8 Å². The third kappa shape index (κ3) is 4.74. The zero-order valence-corrected chi connectivity index (χ0v) is 13.6. The molecular formula is C15H28N6. The van der Waals surface area contributed by atoms with Gasteiger partial charge in [0.1, 0.15) is 0 Å². The Balaban J connectivity index is 1.71. The molecule has 0 atom stereocenters. The molecule has 2 N–H and O–H groups in total. The first-order chi connectivity index (χ1) is 10.1. The Morgan fingerprint density at radius 3 is 2.76 bits per heavy atom. The predicted molar refractivity (Wildman–Crippen MR) is 86.3 cm³/mol. The van der Waals surface area contributed by atoms with Crippen molar-refractivity contribution >= 4 is 5.96 Å². The van der Waals surface area contributed by atoms with Gasteiger partial charge < -0.3 is 10.6 Å². The number of aryl methyl sites for hydroxylation is 1. The molecule has 0 amide bonds. The number of guanidine groups is 1. The van der Waals surface area contributed by atoms with Gasteiger partial charge in [0.05, 0.1) is 12.2 Å². The maximum absolute atomic E-state index is 4.27. The molecule has 0 saturated heterocycles. The van der Waals surface area contributed by atoms with Gasteiger partial charge in [-0.25, -0.2) is 0 Å². The molecule has 1 saturated carbocycles. The van der Waals surface area contributed by atoms with Crippen LogP contribution in [0.15, 0.2) is 17.3 Å². The molecule has 1 fully saturated rings. The molecule has 118 valence electrons. The summed E-state index contributed by atoms with van der Waals surface area (Å²) in [5.74, 6) is 0.843. The lowest BCUT2D eigenvalue weighted by molar-refractivity contribution is 0.215. The van der Waals surface area contributed by atoms with E-state index in [1.54, 1.807) is 7.05 Å². The van der Waals surface area contributed by atoms with Crippen LogP contribution in [0.25, 0.3) is 0 Å². The second-order valence-electron chi connectivity index (χ2n) is 5.86. The number of aliphatic imine (C=N–C) groups is 1. The third-order valence-electron chi connectivity index (χ3n) is 3.92. The summed E-state index contributed by atoms with van der Waals surface area (Å²) in [6, 6.07) is 3.42. The summed E-state index contributed by atoms with van der Waals surface area (Å²) >= 11 is 0. The van der Waals surface area contributed by atoms with Crippen molar-refractivity contribution in [1.29, 1.82) is 0 Å². The molecule has 0 aliphatic heterocycles. The summed E-state index contributed by atoms with van der Waals surface area (Å²) in [5, 5.41) is 10.9. The highest BCUT2D eigenvalue weighted by molar-refractivity contribution is 5.79. The largest absolute Gasteiger partial charge is 0.355 e. The highest BCUT2D eigenvalue weighted by atomic mass is 15.3. The number of hydrogen-bond donors (Lipinski definition) is 2. The van der Waals surface area contributed by atoms with Gasteiger partial charge in [0.15, 0.2) is 5.96 Å². The fourth-order valence-corrected chi connectivity index (χ4v) is 2.54. The molecular weight excluding hydrogens is 264 g/mol. The van der Waals surface area contributed by atoms with Gasteiger partial charge in [0, 0.05) is 45.5 Å². The summed E-state index contributed by atoms with van der Waals surface area (Å²) in [4.78, 5) is 6.84. The van der Waals surface area contributed by atoms with Gasteiger partial charge in [-0.3, -0.25) is 14.6 Å². The van der Waals surface area contributed by atoms with Crippen molar-refractivity contribution in [1.82, 2.24) is 25.3 Å². The molecule has 1 aliphatic rings. The fourth-order valence-electron chi connectivity index (χ4n) is 2.54. The fraction of sp³-hybridized carbons (Fsp3) is 0.733. The van der Waals surface area contributed by atoms with E-state index in [-0.39, 0.29) is 0 Å². The Bertz CT molecular complexity index is 458.